The fourth-order valence-electron chi connectivity index (χ4n) is 0.189. The van der Waals surface area contributed by atoms with Crippen LogP contribution in [0.15, 0.2) is 0 Å². The van der Waals surface area contributed by atoms with Gasteiger partial charge in [0, 0.05) is 0 Å². The molecular weight excluding hydrogens is 161 g/mol. The molecule has 0 radical (unpaired) electrons. The topological polar surface area (TPSA) is 69.6 Å². The van der Waals surface area contributed by atoms with Crippen molar-refractivity contribution in [3.05, 3.63) is 0 Å². The average Bonchev–Trinajstić information content (AvgIpc) is 1.91. The van der Waals surface area contributed by atoms with E-state index in [9.17, 15) is 0 Å². The van der Waals surface area contributed by atoms with Crippen LogP contribution >= 0.6 is 0 Å². The Bertz CT molecular complexity index is 140. The third-order valence-electron chi connectivity index (χ3n) is 0.475. The molecule has 38 valence electrons. The number of nitrogens with zero attached hydrogens (tertiary/aromatic N) is 4. The van der Waals surface area contributed by atoms with Crippen molar-refractivity contribution in [2.24, 2.45) is 0 Å². The van der Waals surface area contributed by atoms with Crippen LogP contribution in [0.4, 0.5) is 0 Å². The molecule has 0 fully saturated rings. The molecule has 0 aliphatic heterocycles. The summed E-state index contributed by atoms with van der Waals surface area (Å²) in [6.45, 7) is 0. The molecule has 1 rings (SSSR count). The van der Waals surface area contributed by atoms with Crippen molar-refractivity contribution in [3.63, 3.8) is 0 Å². The van der Waals surface area contributed by atoms with Gasteiger partial charge < -0.3 is 0 Å². The minimum absolute atomic E-state index is 0.549. The standard InChI is InChI=1S/CH3N5Se/c2-6-1(7)3-4-5-6/h2H2,(H,3,5,7). The fourth-order valence-corrected chi connectivity index (χ4v) is 0.357. The average molecular weight is 164 g/mol. The van der Waals surface area contributed by atoms with E-state index in [2.05, 4.69) is 31.5 Å². The van der Waals surface area contributed by atoms with Crippen LogP contribution in [0.25, 0.3) is 0 Å². The molecule has 0 unspecified atom stereocenters. The quantitative estimate of drug-likeness (QED) is 0.326. The number of tetrazole rings is 1. The second kappa shape index (κ2) is 1.48. The van der Waals surface area contributed by atoms with Crippen molar-refractivity contribution in [2.45, 2.75) is 0 Å². The molecule has 1 heterocycles. The normalized spacial score (nSPS) is 9.29. The number of hydrogen-bond acceptors (Lipinski definition) is 4. The Labute approximate surface area is 47.7 Å². The van der Waals surface area contributed by atoms with Crippen molar-refractivity contribution >= 4 is 20.7 Å². The maximum atomic E-state index is 5.10. The van der Waals surface area contributed by atoms with E-state index in [0.717, 1.165) is 4.79 Å². The number of hydrogen-bond donors (Lipinski definition) is 1. The Morgan fingerprint density at radius 2 is 2.43 bits per heavy atom. The summed E-state index contributed by atoms with van der Waals surface area (Å²) < 4.78 is 0.549. The Kier molecular flexibility index (Phi) is 0.958. The molecule has 0 amide bonds. The Hall–Kier alpha value is -0.611. The second-order valence-electron chi connectivity index (χ2n) is 0.923. The molecule has 2 N–H and O–H groups in total. The van der Waals surface area contributed by atoms with E-state index in [0.29, 0.717) is 4.72 Å². The third-order valence-corrected chi connectivity index (χ3v) is 1.09. The van der Waals surface area contributed by atoms with Crippen molar-refractivity contribution in [1.29, 1.82) is 0 Å². The van der Waals surface area contributed by atoms with Crippen LogP contribution in [-0.4, -0.2) is 36.3 Å². The van der Waals surface area contributed by atoms with E-state index in [4.69, 9.17) is 5.84 Å². The van der Waals surface area contributed by atoms with Gasteiger partial charge in [0.25, 0.3) is 0 Å². The number of nitrogens with two attached hydrogens (primary N) is 1. The molecular formula is CH3N5Se. The van der Waals surface area contributed by atoms with Crippen molar-refractivity contribution < 1.29 is 0 Å². The van der Waals surface area contributed by atoms with Gasteiger partial charge in [-0.2, -0.15) is 0 Å². The fraction of sp³-hybridized carbons (Fsp3) is 0. The van der Waals surface area contributed by atoms with Gasteiger partial charge in [-0.15, -0.1) is 0 Å². The summed E-state index contributed by atoms with van der Waals surface area (Å²) in [5, 5.41) is 10.0. The van der Waals surface area contributed by atoms with Gasteiger partial charge in [0.2, 0.25) is 0 Å². The van der Waals surface area contributed by atoms with Gasteiger partial charge >= 0.3 is 46.9 Å². The van der Waals surface area contributed by atoms with Gasteiger partial charge in [0.05, 0.1) is 0 Å². The molecule has 0 bridgehead atoms. The molecule has 5 nitrogen and oxygen atoms in total. The zero-order valence-corrected chi connectivity index (χ0v) is 5.19. The number of rotatable bonds is 0. The summed E-state index contributed by atoms with van der Waals surface area (Å²) in [7, 11) is 0. The predicted octanol–water partition coefficient (Wildman–Crippen LogP) is -3.09. The Morgan fingerprint density at radius 1 is 1.71 bits per heavy atom. The van der Waals surface area contributed by atoms with Crippen LogP contribution in [0.1, 0.15) is 0 Å². The van der Waals surface area contributed by atoms with Gasteiger partial charge in [0.1, 0.15) is 0 Å². The van der Waals surface area contributed by atoms with Crippen LogP contribution in [0.3, 0.4) is 0 Å². The first-order chi connectivity index (χ1) is 3.30. The van der Waals surface area contributed by atoms with Gasteiger partial charge in [-0.25, -0.2) is 0 Å². The number of aromatic nitrogens is 4. The van der Waals surface area contributed by atoms with Gasteiger partial charge in [-0.1, -0.05) is 0 Å². The van der Waals surface area contributed by atoms with Gasteiger partial charge in [-0.05, 0) is 0 Å². The molecule has 0 aliphatic carbocycles. The summed E-state index contributed by atoms with van der Waals surface area (Å²) >= 11 is 2.14. The molecule has 0 saturated heterocycles. The van der Waals surface area contributed by atoms with Crippen LogP contribution < -0.4 is 10.6 Å². The second-order valence-corrected chi connectivity index (χ2v) is 1.76. The number of nitrogen functional groups attached to an aromatic ring is 1. The van der Waals surface area contributed by atoms with E-state index in [-0.39, 0.29) is 0 Å². The van der Waals surface area contributed by atoms with E-state index < -0.39 is 0 Å². The molecule has 0 aromatic carbocycles. The Morgan fingerprint density at radius 3 is 2.57 bits per heavy atom. The first-order valence-electron chi connectivity index (χ1n) is 1.53. The molecule has 6 heteroatoms. The van der Waals surface area contributed by atoms with Crippen LogP contribution in [0, 0.1) is 0 Å². The van der Waals surface area contributed by atoms with Crippen molar-refractivity contribution in [2.75, 3.05) is 5.84 Å². The molecule has 1 aromatic heterocycles. The Balaban J connectivity index is 3.12. The SMILES string of the molecule is Nn1nnnc1[SeH]. The van der Waals surface area contributed by atoms with Crippen molar-refractivity contribution in [1.82, 2.24) is 20.3 Å². The molecule has 0 aliphatic rings. The molecule has 1 aromatic rings. The predicted molar refractivity (Wildman–Crippen MR) is 24.8 cm³/mol. The molecule has 0 atom stereocenters. The summed E-state index contributed by atoms with van der Waals surface area (Å²) in [6.07, 6.45) is 0. The molecule has 7 heavy (non-hydrogen) atoms. The van der Waals surface area contributed by atoms with Gasteiger partial charge in [-0.3, -0.25) is 0 Å². The van der Waals surface area contributed by atoms with E-state index in [1.165, 1.54) is 0 Å². The summed E-state index contributed by atoms with van der Waals surface area (Å²) in [6, 6.07) is 0. The monoisotopic (exact) mass is 165 g/mol. The third kappa shape index (κ3) is 0.702. The van der Waals surface area contributed by atoms with Crippen LogP contribution in [0.5, 0.6) is 0 Å². The van der Waals surface area contributed by atoms with E-state index in [1.54, 1.807) is 0 Å². The first-order valence-corrected chi connectivity index (χ1v) is 2.47. The van der Waals surface area contributed by atoms with Crippen molar-refractivity contribution in [3.8, 4) is 0 Å². The molecule has 0 spiro atoms. The van der Waals surface area contributed by atoms with Gasteiger partial charge in [0.15, 0.2) is 0 Å². The van der Waals surface area contributed by atoms with E-state index >= 15 is 0 Å². The summed E-state index contributed by atoms with van der Waals surface area (Å²) in [5.74, 6) is 5.10. The minimum atomic E-state index is 0.549. The first kappa shape index (κ1) is 4.55. The van der Waals surface area contributed by atoms with E-state index in [1.807, 2.05) is 0 Å². The van der Waals surface area contributed by atoms with Crippen LogP contribution in [0.2, 0.25) is 0 Å². The zero-order chi connectivity index (χ0) is 5.28. The zero-order valence-electron chi connectivity index (χ0n) is 3.31. The van der Waals surface area contributed by atoms with Crippen LogP contribution in [-0.2, 0) is 0 Å². The summed E-state index contributed by atoms with van der Waals surface area (Å²) in [4.78, 5) is 1.08. The molecule has 0 saturated carbocycles. The maximum absolute atomic E-state index is 5.10. The summed E-state index contributed by atoms with van der Waals surface area (Å²) in [5.41, 5.74) is 0.